The molecule has 0 bridgehead atoms. The zero-order chi connectivity index (χ0) is 17.9. The molecule has 0 heterocycles. The third-order valence-electron chi connectivity index (χ3n) is 3.44. The zero-order valence-corrected chi connectivity index (χ0v) is 12.5. The maximum Gasteiger partial charge on any atom is 0.310 e. The molecule has 9 nitrogen and oxygen atoms in total. The smallest absolute Gasteiger partial charge is 0.310 e. The minimum Gasteiger partial charge on any atom is -0.481 e. The van der Waals surface area contributed by atoms with Crippen LogP contribution in [0.1, 0.15) is 18.4 Å². The van der Waals surface area contributed by atoms with E-state index in [0.717, 1.165) is 0 Å². The number of carboxylic acid groups (broad SMARTS) is 1. The van der Waals surface area contributed by atoms with E-state index in [1.807, 2.05) is 0 Å². The SMILES string of the molecule is CC(C(=O)O)c1ccc([N+](=O)[O-])c(Nc2ccc([N+](=O)[O-])cc2)c1. The van der Waals surface area contributed by atoms with Gasteiger partial charge in [0.1, 0.15) is 5.69 Å². The van der Waals surface area contributed by atoms with Gasteiger partial charge in [-0.15, -0.1) is 0 Å². The Morgan fingerprint density at radius 3 is 2.21 bits per heavy atom. The van der Waals surface area contributed by atoms with E-state index in [2.05, 4.69) is 5.32 Å². The molecule has 0 amide bonds. The van der Waals surface area contributed by atoms with Gasteiger partial charge in [-0.2, -0.15) is 0 Å². The average molecular weight is 331 g/mol. The van der Waals surface area contributed by atoms with Gasteiger partial charge in [0.25, 0.3) is 11.4 Å². The fourth-order valence-electron chi connectivity index (χ4n) is 2.05. The second-order valence-corrected chi connectivity index (χ2v) is 5.02. The lowest BCUT2D eigenvalue weighted by molar-refractivity contribution is -0.384. The van der Waals surface area contributed by atoms with Crippen molar-refractivity contribution in [2.24, 2.45) is 0 Å². The summed E-state index contributed by atoms with van der Waals surface area (Å²) in [4.78, 5) is 31.7. The number of nitro groups is 2. The van der Waals surface area contributed by atoms with Gasteiger partial charge >= 0.3 is 5.97 Å². The topological polar surface area (TPSA) is 136 Å². The van der Waals surface area contributed by atoms with Crippen molar-refractivity contribution >= 4 is 28.7 Å². The molecule has 0 aliphatic rings. The summed E-state index contributed by atoms with van der Waals surface area (Å²) in [6, 6.07) is 9.35. The second-order valence-electron chi connectivity index (χ2n) is 5.02. The summed E-state index contributed by atoms with van der Waals surface area (Å²) in [5, 5.41) is 33.6. The Labute approximate surface area is 135 Å². The van der Waals surface area contributed by atoms with Crippen LogP contribution in [0.5, 0.6) is 0 Å². The third-order valence-corrected chi connectivity index (χ3v) is 3.44. The number of hydrogen-bond acceptors (Lipinski definition) is 6. The molecule has 1 atom stereocenters. The molecule has 2 aromatic carbocycles. The van der Waals surface area contributed by atoms with E-state index in [-0.39, 0.29) is 17.1 Å². The van der Waals surface area contributed by atoms with Crippen LogP contribution in [0.4, 0.5) is 22.7 Å². The van der Waals surface area contributed by atoms with Crippen LogP contribution in [0.25, 0.3) is 0 Å². The molecule has 2 N–H and O–H groups in total. The lowest BCUT2D eigenvalue weighted by atomic mass is 10.00. The molecule has 9 heteroatoms. The third kappa shape index (κ3) is 3.64. The normalized spacial score (nSPS) is 11.5. The molecule has 1 unspecified atom stereocenters. The number of nitro benzene ring substituents is 2. The van der Waals surface area contributed by atoms with E-state index < -0.39 is 21.7 Å². The van der Waals surface area contributed by atoms with Crippen LogP contribution < -0.4 is 5.32 Å². The van der Waals surface area contributed by atoms with E-state index >= 15 is 0 Å². The summed E-state index contributed by atoms with van der Waals surface area (Å²) in [5.41, 5.74) is 0.582. The Morgan fingerprint density at radius 2 is 1.71 bits per heavy atom. The molecular formula is C15H13N3O6. The maximum absolute atomic E-state index is 11.1. The van der Waals surface area contributed by atoms with E-state index in [0.29, 0.717) is 11.3 Å². The van der Waals surface area contributed by atoms with E-state index in [4.69, 9.17) is 5.11 Å². The van der Waals surface area contributed by atoms with Gasteiger partial charge in [0.2, 0.25) is 0 Å². The molecule has 0 fully saturated rings. The van der Waals surface area contributed by atoms with Crippen LogP contribution >= 0.6 is 0 Å². The molecule has 0 saturated carbocycles. The minimum absolute atomic E-state index is 0.108. The van der Waals surface area contributed by atoms with Crippen molar-refractivity contribution < 1.29 is 19.7 Å². The van der Waals surface area contributed by atoms with E-state index in [9.17, 15) is 25.0 Å². The van der Waals surface area contributed by atoms with Gasteiger partial charge in [0, 0.05) is 23.9 Å². The van der Waals surface area contributed by atoms with Crippen molar-refractivity contribution in [3.05, 3.63) is 68.3 Å². The lowest BCUT2D eigenvalue weighted by Crippen LogP contribution is -2.08. The van der Waals surface area contributed by atoms with Crippen molar-refractivity contribution in [3.63, 3.8) is 0 Å². The number of carbonyl (C=O) groups is 1. The van der Waals surface area contributed by atoms with Crippen LogP contribution in [0.3, 0.4) is 0 Å². The highest BCUT2D eigenvalue weighted by molar-refractivity contribution is 5.78. The molecule has 0 spiro atoms. The molecule has 0 aromatic heterocycles. The predicted octanol–water partition coefficient (Wildman–Crippen LogP) is 3.43. The highest BCUT2D eigenvalue weighted by atomic mass is 16.6. The standard InChI is InChI=1S/C15H13N3O6/c1-9(15(19)20)10-2-7-14(18(23)24)13(8-10)16-11-3-5-12(6-4-11)17(21)22/h2-9,16H,1H3,(H,19,20). The summed E-state index contributed by atoms with van der Waals surface area (Å²) in [6.07, 6.45) is 0. The first-order valence-corrected chi connectivity index (χ1v) is 6.82. The van der Waals surface area contributed by atoms with Crippen molar-refractivity contribution in [1.82, 2.24) is 0 Å². The lowest BCUT2D eigenvalue weighted by Gasteiger charge is -2.11. The first kappa shape index (κ1) is 16.9. The first-order valence-electron chi connectivity index (χ1n) is 6.82. The summed E-state index contributed by atoms with van der Waals surface area (Å²) in [6.45, 7) is 1.47. The largest absolute Gasteiger partial charge is 0.481 e. The van der Waals surface area contributed by atoms with Gasteiger partial charge in [-0.3, -0.25) is 25.0 Å². The highest BCUT2D eigenvalue weighted by Crippen LogP contribution is 2.31. The van der Waals surface area contributed by atoms with Gasteiger partial charge in [-0.25, -0.2) is 0 Å². The monoisotopic (exact) mass is 331 g/mol. The molecule has 0 aliphatic heterocycles. The zero-order valence-electron chi connectivity index (χ0n) is 12.5. The molecule has 0 aliphatic carbocycles. The first-order chi connectivity index (χ1) is 11.3. The summed E-state index contributed by atoms with van der Waals surface area (Å²) >= 11 is 0. The molecule has 2 rings (SSSR count). The van der Waals surface area contributed by atoms with Gasteiger partial charge in [0.15, 0.2) is 0 Å². The number of benzene rings is 2. The molecule has 0 radical (unpaired) electrons. The van der Waals surface area contributed by atoms with Crippen LogP contribution in [0.15, 0.2) is 42.5 Å². The number of non-ortho nitro benzene ring substituents is 1. The van der Waals surface area contributed by atoms with Gasteiger partial charge in [0.05, 0.1) is 15.8 Å². The van der Waals surface area contributed by atoms with Crippen LogP contribution in [0, 0.1) is 20.2 Å². The number of nitrogens with zero attached hydrogens (tertiary/aromatic N) is 2. The minimum atomic E-state index is -1.05. The summed E-state index contributed by atoms with van der Waals surface area (Å²) < 4.78 is 0. The van der Waals surface area contributed by atoms with Gasteiger partial charge < -0.3 is 10.4 Å². The number of carboxylic acids is 1. The second kappa shape index (κ2) is 6.73. The Bertz CT molecular complexity index is 803. The summed E-state index contributed by atoms with van der Waals surface area (Å²) in [7, 11) is 0. The quantitative estimate of drug-likeness (QED) is 0.611. The molecule has 2 aromatic rings. The molecular weight excluding hydrogens is 318 g/mol. The van der Waals surface area contributed by atoms with Crippen LogP contribution in [-0.2, 0) is 4.79 Å². The van der Waals surface area contributed by atoms with Crippen molar-refractivity contribution in [2.75, 3.05) is 5.32 Å². The Balaban J connectivity index is 2.39. The number of aliphatic carboxylic acids is 1. The van der Waals surface area contributed by atoms with Crippen molar-refractivity contribution in [1.29, 1.82) is 0 Å². The average Bonchev–Trinajstić information content (AvgIpc) is 2.54. The van der Waals surface area contributed by atoms with Crippen LogP contribution in [0.2, 0.25) is 0 Å². The van der Waals surface area contributed by atoms with Gasteiger partial charge in [-0.1, -0.05) is 6.07 Å². The van der Waals surface area contributed by atoms with E-state index in [1.54, 1.807) is 0 Å². The highest BCUT2D eigenvalue weighted by Gasteiger charge is 2.20. The number of hydrogen-bond donors (Lipinski definition) is 2. The number of anilines is 2. The molecule has 124 valence electrons. The summed E-state index contributed by atoms with van der Waals surface area (Å²) in [5.74, 6) is -1.88. The molecule has 0 saturated heterocycles. The predicted molar refractivity (Wildman–Crippen MR) is 85.5 cm³/mol. The van der Waals surface area contributed by atoms with E-state index in [1.165, 1.54) is 49.4 Å². The van der Waals surface area contributed by atoms with Crippen molar-refractivity contribution in [2.45, 2.75) is 12.8 Å². The maximum atomic E-state index is 11.1. The fourth-order valence-corrected chi connectivity index (χ4v) is 2.05. The Morgan fingerprint density at radius 1 is 1.08 bits per heavy atom. The van der Waals surface area contributed by atoms with Gasteiger partial charge in [-0.05, 0) is 30.7 Å². The van der Waals surface area contributed by atoms with Crippen molar-refractivity contribution in [3.8, 4) is 0 Å². The Hall–Kier alpha value is -3.49. The number of rotatable bonds is 6. The van der Waals surface area contributed by atoms with Crippen LogP contribution in [-0.4, -0.2) is 20.9 Å². The molecule has 24 heavy (non-hydrogen) atoms. The Kier molecular flexibility index (Phi) is 4.73. The fraction of sp³-hybridized carbons (Fsp3) is 0.133. The number of nitrogens with one attached hydrogen (secondary N) is 1.